The molecular formula is C25H38O5. The van der Waals surface area contributed by atoms with E-state index in [1.165, 1.54) is 12.8 Å². The molecule has 2 rings (SSSR count). The molecule has 0 amide bonds. The van der Waals surface area contributed by atoms with Gasteiger partial charge in [0.05, 0.1) is 6.10 Å². The molecule has 0 aromatic rings. The van der Waals surface area contributed by atoms with Crippen LogP contribution >= 0.6 is 0 Å². The number of hydrogen-bond acceptors (Lipinski definition) is 4. The van der Waals surface area contributed by atoms with Gasteiger partial charge in [-0.2, -0.15) is 0 Å². The molecule has 1 N–H and O–H groups in total. The number of rotatable bonds is 14. The van der Waals surface area contributed by atoms with Crippen LogP contribution in [0.1, 0.15) is 77.6 Å². The predicted octanol–water partition coefficient (Wildman–Crippen LogP) is 5.61. The molecule has 168 valence electrons. The van der Waals surface area contributed by atoms with Gasteiger partial charge >= 0.3 is 5.97 Å². The lowest BCUT2D eigenvalue weighted by molar-refractivity contribution is -0.179. The summed E-state index contributed by atoms with van der Waals surface area (Å²) < 4.78 is 12.0. The molecule has 1 fully saturated rings. The van der Waals surface area contributed by atoms with E-state index < -0.39 is 5.97 Å². The summed E-state index contributed by atoms with van der Waals surface area (Å²) in [5.74, 6) is -0.589. The van der Waals surface area contributed by atoms with E-state index in [0.717, 1.165) is 51.6 Å². The van der Waals surface area contributed by atoms with E-state index in [1.807, 2.05) is 18.2 Å². The van der Waals surface area contributed by atoms with Crippen LogP contribution in [0.2, 0.25) is 0 Å². The van der Waals surface area contributed by atoms with Crippen LogP contribution in [0.5, 0.6) is 0 Å². The number of carbonyl (C=O) groups is 2. The monoisotopic (exact) mass is 418 g/mol. The molecule has 5 nitrogen and oxygen atoms in total. The minimum absolute atomic E-state index is 0.0136. The van der Waals surface area contributed by atoms with Gasteiger partial charge in [0.2, 0.25) is 0 Å². The Labute approximate surface area is 181 Å². The smallest absolute Gasteiger partial charge is 0.303 e. The van der Waals surface area contributed by atoms with Crippen LogP contribution in [0.25, 0.3) is 0 Å². The van der Waals surface area contributed by atoms with Gasteiger partial charge in [0.25, 0.3) is 0 Å². The fourth-order valence-electron chi connectivity index (χ4n) is 3.93. The van der Waals surface area contributed by atoms with Gasteiger partial charge in [-0.25, -0.2) is 0 Å². The summed E-state index contributed by atoms with van der Waals surface area (Å²) in [4.78, 5) is 22.9. The lowest BCUT2D eigenvalue weighted by Gasteiger charge is -2.27. The van der Waals surface area contributed by atoms with Crippen LogP contribution < -0.4 is 0 Å². The molecule has 1 heterocycles. The van der Waals surface area contributed by atoms with Gasteiger partial charge in [0.1, 0.15) is 0 Å². The minimum atomic E-state index is -0.757. The van der Waals surface area contributed by atoms with Crippen LogP contribution in [0.3, 0.4) is 0 Å². The van der Waals surface area contributed by atoms with Gasteiger partial charge in [-0.1, -0.05) is 56.6 Å². The average molecular weight is 419 g/mol. The molecule has 0 spiro atoms. The van der Waals surface area contributed by atoms with Gasteiger partial charge in [-0.05, 0) is 56.9 Å². The molecule has 0 aromatic carbocycles. The first kappa shape index (κ1) is 24.5. The molecule has 0 aromatic heterocycles. The van der Waals surface area contributed by atoms with E-state index in [4.69, 9.17) is 14.6 Å². The average Bonchev–Trinajstić information content (AvgIpc) is 3.08. The zero-order chi connectivity index (χ0) is 21.6. The highest BCUT2D eigenvalue weighted by Crippen LogP contribution is 2.28. The van der Waals surface area contributed by atoms with Gasteiger partial charge in [0, 0.05) is 18.9 Å². The second kappa shape index (κ2) is 14.3. The summed E-state index contributed by atoms with van der Waals surface area (Å²) >= 11 is 0. The lowest BCUT2D eigenvalue weighted by Crippen LogP contribution is -2.27. The largest absolute Gasteiger partial charge is 0.481 e. The van der Waals surface area contributed by atoms with Gasteiger partial charge in [-0.3, -0.25) is 9.59 Å². The number of carboxylic acids is 1. The maximum Gasteiger partial charge on any atom is 0.303 e. The molecule has 1 saturated heterocycles. The van der Waals surface area contributed by atoms with Crippen molar-refractivity contribution in [2.24, 2.45) is 11.8 Å². The van der Waals surface area contributed by atoms with Crippen molar-refractivity contribution >= 4 is 11.8 Å². The summed E-state index contributed by atoms with van der Waals surface area (Å²) in [7, 11) is 0. The first-order valence-corrected chi connectivity index (χ1v) is 11.6. The van der Waals surface area contributed by atoms with Crippen LogP contribution in [0, 0.1) is 11.8 Å². The number of hydrogen-bond donors (Lipinski definition) is 1. The first-order valence-electron chi connectivity index (χ1n) is 11.6. The van der Waals surface area contributed by atoms with Gasteiger partial charge in [-0.15, -0.1) is 0 Å². The molecule has 0 bridgehead atoms. The molecular weight excluding hydrogens is 380 g/mol. The summed E-state index contributed by atoms with van der Waals surface area (Å²) in [6.07, 6.45) is 21.7. The molecule has 0 radical (unpaired) electrons. The van der Waals surface area contributed by atoms with E-state index in [0.29, 0.717) is 6.42 Å². The van der Waals surface area contributed by atoms with Crippen molar-refractivity contribution in [1.82, 2.24) is 0 Å². The van der Waals surface area contributed by atoms with E-state index in [1.54, 1.807) is 6.08 Å². The van der Waals surface area contributed by atoms with Crippen LogP contribution in [0.15, 0.2) is 36.5 Å². The van der Waals surface area contributed by atoms with Crippen molar-refractivity contribution in [2.45, 2.75) is 89.9 Å². The highest BCUT2D eigenvalue weighted by molar-refractivity contribution is 5.95. The Morgan fingerprint density at radius 2 is 2.17 bits per heavy atom. The lowest BCUT2D eigenvalue weighted by atomic mass is 9.90. The van der Waals surface area contributed by atoms with Gasteiger partial charge < -0.3 is 14.6 Å². The van der Waals surface area contributed by atoms with Gasteiger partial charge in [0.15, 0.2) is 12.1 Å². The van der Waals surface area contributed by atoms with Crippen LogP contribution in [0.4, 0.5) is 0 Å². The second-order valence-electron chi connectivity index (χ2n) is 8.30. The fraction of sp³-hybridized carbons (Fsp3) is 0.680. The highest BCUT2D eigenvalue weighted by atomic mass is 16.7. The summed E-state index contributed by atoms with van der Waals surface area (Å²) in [5, 5.41) is 8.69. The number of carboxylic acid groups (broad SMARTS) is 1. The van der Waals surface area contributed by atoms with Crippen molar-refractivity contribution in [3.8, 4) is 0 Å². The molecule has 4 atom stereocenters. The Morgan fingerprint density at radius 3 is 2.90 bits per heavy atom. The minimum Gasteiger partial charge on any atom is -0.481 e. The number of aliphatic carboxylic acids is 1. The topological polar surface area (TPSA) is 72.8 Å². The summed E-state index contributed by atoms with van der Waals surface area (Å²) in [6.45, 7) is 2.96. The SMILES string of the molecule is CCCCC[C@H](/C=C/[C@H]1C(=O)C=C[C@@H]1C/C=C\CCCC(=O)O)OC1CCCCO1. The van der Waals surface area contributed by atoms with Crippen molar-refractivity contribution in [3.05, 3.63) is 36.5 Å². The molecule has 1 aliphatic heterocycles. The third-order valence-corrected chi connectivity index (χ3v) is 5.72. The van der Waals surface area contributed by atoms with Crippen molar-refractivity contribution in [3.63, 3.8) is 0 Å². The number of ketones is 1. The maximum atomic E-state index is 12.4. The summed E-state index contributed by atoms with van der Waals surface area (Å²) in [5.41, 5.74) is 0. The molecule has 0 saturated carbocycles. The van der Waals surface area contributed by atoms with Crippen LogP contribution in [-0.4, -0.2) is 35.9 Å². The fourth-order valence-corrected chi connectivity index (χ4v) is 3.93. The zero-order valence-electron chi connectivity index (χ0n) is 18.3. The Balaban J connectivity index is 1.87. The highest BCUT2D eigenvalue weighted by Gasteiger charge is 2.27. The van der Waals surface area contributed by atoms with E-state index in [2.05, 4.69) is 19.1 Å². The van der Waals surface area contributed by atoms with Crippen LogP contribution in [-0.2, 0) is 19.1 Å². The Morgan fingerprint density at radius 1 is 1.30 bits per heavy atom. The third-order valence-electron chi connectivity index (χ3n) is 5.72. The van der Waals surface area contributed by atoms with Crippen molar-refractivity contribution in [1.29, 1.82) is 0 Å². The first-order chi connectivity index (χ1) is 14.6. The van der Waals surface area contributed by atoms with Crippen molar-refractivity contribution in [2.75, 3.05) is 6.61 Å². The van der Waals surface area contributed by atoms with E-state index in [9.17, 15) is 9.59 Å². The number of unbranched alkanes of at least 4 members (excludes halogenated alkanes) is 3. The zero-order valence-corrected chi connectivity index (χ0v) is 18.3. The van der Waals surface area contributed by atoms with E-state index in [-0.39, 0.29) is 36.4 Å². The molecule has 5 heteroatoms. The molecule has 1 unspecified atom stereocenters. The second-order valence-corrected chi connectivity index (χ2v) is 8.30. The molecule has 1 aliphatic carbocycles. The number of allylic oxidation sites excluding steroid dienone is 5. The Hall–Kier alpha value is -1.72. The number of ether oxygens (including phenoxy) is 2. The summed E-state index contributed by atoms with van der Waals surface area (Å²) in [6, 6.07) is 0. The molecule has 2 aliphatic rings. The quantitative estimate of drug-likeness (QED) is 0.293. The normalized spacial score (nSPS) is 25.5. The maximum absolute atomic E-state index is 12.4. The standard InChI is InChI=1S/C25H38O5/c1-2-3-6-12-21(30-25-14-9-10-19-29-25)16-17-22-20(15-18-23(22)26)11-7-4-5-8-13-24(27)28/h4,7,15-18,20-22,25H,2-3,5-6,8-14,19H2,1H3,(H,27,28)/b7-4-,17-16+/t20-,21+,22+,25?/m0/s1. The Kier molecular flexibility index (Phi) is 11.7. The molecule has 30 heavy (non-hydrogen) atoms. The van der Waals surface area contributed by atoms with E-state index >= 15 is 0 Å². The third kappa shape index (κ3) is 9.40. The van der Waals surface area contributed by atoms with Crippen molar-refractivity contribution < 1.29 is 24.2 Å². The predicted molar refractivity (Wildman–Crippen MR) is 118 cm³/mol. The number of carbonyl (C=O) groups excluding carboxylic acids is 1. The Bertz CT molecular complexity index is 601.